The molecule has 1 aliphatic carbocycles. The average molecular weight is 637 g/mol. The summed E-state index contributed by atoms with van der Waals surface area (Å²) in [6, 6.07) is 21.2. The quantitative estimate of drug-likeness (QED) is 0.135. The molecule has 0 bridgehead atoms. The summed E-state index contributed by atoms with van der Waals surface area (Å²) in [5.41, 5.74) is 7.99. The summed E-state index contributed by atoms with van der Waals surface area (Å²) in [4.78, 5) is 20.8. The molecule has 3 aromatic carbocycles. The number of aromatic nitrogens is 6. The molecule has 47 heavy (non-hydrogen) atoms. The molecule has 5 aromatic rings. The van der Waals surface area contributed by atoms with Gasteiger partial charge >= 0.3 is 6.03 Å². The molecule has 0 saturated heterocycles. The number of nitrogens with zero attached hydrogens (tertiary/aromatic N) is 6. The van der Waals surface area contributed by atoms with Crippen LogP contribution < -0.4 is 10.2 Å². The summed E-state index contributed by atoms with van der Waals surface area (Å²) in [6.07, 6.45) is 11.9. The third-order valence-electron chi connectivity index (χ3n) is 9.27. The molecule has 1 fully saturated rings. The lowest BCUT2D eigenvalue weighted by Gasteiger charge is -2.28. The molecule has 0 spiro atoms. The fourth-order valence-corrected chi connectivity index (χ4v) is 6.78. The number of aromatic amines is 1. The molecule has 10 heteroatoms. The van der Waals surface area contributed by atoms with Crippen LogP contribution in [0.15, 0.2) is 60.7 Å². The molecule has 2 aromatic heterocycles. The van der Waals surface area contributed by atoms with Crippen molar-refractivity contribution >= 4 is 22.8 Å². The molecule has 0 unspecified atom stereocenters. The van der Waals surface area contributed by atoms with E-state index in [0.717, 1.165) is 102 Å². The Morgan fingerprint density at radius 2 is 1.77 bits per heavy atom. The number of tetrazole rings is 1. The van der Waals surface area contributed by atoms with Crippen LogP contribution in [0.1, 0.15) is 89.4 Å². The minimum absolute atomic E-state index is 0. The fourth-order valence-electron chi connectivity index (χ4n) is 6.78. The van der Waals surface area contributed by atoms with Gasteiger partial charge in [-0.25, -0.2) is 9.78 Å². The van der Waals surface area contributed by atoms with Gasteiger partial charge in [-0.2, -0.15) is 5.21 Å². The number of aryl methyl sites for hydroxylation is 1. The van der Waals surface area contributed by atoms with Crippen molar-refractivity contribution in [1.82, 2.24) is 35.5 Å². The van der Waals surface area contributed by atoms with Crippen LogP contribution in [0.3, 0.4) is 0 Å². The van der Waals surface area contributed by atoms with Crippen LogP contribution in [0.2, 0.25) is 0 Å². The van der Waals surface area contributed by atoms with Crippen LogP contribution in [0.4, 0.5) is 10.5 Å². The Bertz CT molecular complexity index is 1740. The van der Waals surface area contributed by atoms with Crippen molar-refractivity contribution in [3.63, 3.8) is 0 Å². The third kappa shape index (κ3) is 7.38. The zero-order valence-corrected chi connectivity index (χ0v) is 27.9. The number of anilines is 1. The SMILES string of the molecule is CCCCCN(C(=O)NC1CCCCC1)c1ccc2c(c1)nc(CCCC)n2-c1ccc(-c2ccccc2)c(-c2nn[nH]n2)c1C.O. The van der Waals surface area contributed by atoms with Gasteiger partial charge in [0.05, 0.1) is 16.7 Å². The fraction of sp³-hybridized carbons (Fsp3) is 0.432. The van der Waals surface area contributed by atoms with E-state index in [0.29, 0.717) is 12.4 Å². The van der Waals surface area contributed by atoms with Gasteiger partial charge in [0.2, 0.25) is 5.82 Å². The van der Waals surface area contributed by atoms with Crippen LogP contribution >= 0.6 is 0 Å². The standard InChI is InChI=1S/C37H46N8O.H2O/c1-4-6-14-24-44(37(46)38-28-17-12-9-13-18-28)29-20-22-33-31(25-29)39-34(19-7-5-2)45(33)32-23-21-30(27-15-10-8-11-16-27)35(26(32)3)36-40-42-43-41-36;/h8,10-11,15-16,20-23,25,28H,4-7,9,12-14,17-19,24H2,1-3H3,(H,38,46)(H,40,41,42,43);1H2. The minimum Gasteiger partial charge on any atom is -0.412 e. The van der Waals surface area contributed by atoms with E-state index in [9.17, 15) is 4.79 Å². The van der Waals surface area contributed by atoms with Crippen LogP contribution in [-0.4, -0.2) is 54.3 Å². The molecule has 2 amide bonds. The van der Waals surface area contributed by atoms with E-state index in [4.69, 9.17) is 4.98 Å². The highest BCUT2D eigenvalue weighted by Gasteiger charge is 2.24. The molecule has 0 aliphatic heterocycles. The van der Waals surface area contributed by atoms with E-state index in [1.807, 2.05) is 23.1 Å². The van der Waals surface area contributed by atoms with E-state index in [1.165, 1.54) is 19.3 Å². The van der Waals surface area contributed by atoms with Crippen molar-refractivity contribution in [3.05, 3.63) is 72.1 Å². The summed E-state index contributed by atoms with van der Waals surface area (Å²) in [5, 5.41) is 18.7. The van der Waals surface area contributed by atoms with Gasteiger partial charge in [-0.15, -0.1) is 10.2 Å². The van der Waals surface area contributed by atoms with Crippen molar-refractivity contribution in [2.24, 2.45) is 0 Å². The summed E-state index contributed by atoms with van der Waals surface area (Å²) in [6.45, 7) is 7.22. The van der Waals surface area contributed by atoms with E-state index < -0.39 is 0 Å². The maximum absolute atomic E-state index is 13.7. The first kappa shape index (κ1) is 33.8. The average Bonchev–Trinajstić information content (AvgIpc) is 3.74. The van der Waals surface area contributed by atoms with E-state index in [2.05, 4.69) is 93.7 Å². The Labute approximate surface area is 277 Å². The Morgan fingerprint density at radius 1 is 0.979 bits per heavy atom. The zero-order valence-electron chi connectivity index (χ0n) is 27.9. The van der Waals surface area contributed by atoms with Crippen molar-refractivity contribution in [1.29, 1.82) is 0 Å². The van der Waals surface area contributed by atoms with E-state index >= 15 is 0 Å². The van der Waals surface area contributed by atoms with E-state index in [1.54, 1.807) is 0 Å². The number of carbonyl (C=O) groups is 1. The van der Waals surface area contributed by atoms with Crippen molar-refractivity contribution in [3.8, 4) is 28.2 Å². The Hall–Kier alpha value is -4.57. The summed E-state index contributed by atoms with van der Waals surface area (Å²) in [5.74, 6) is 1.57. The molecule has 0 radical (unpaired) electrons. The zero-order chi connectivity index (χ0) is 31.9. The monoisotopic (exact) mass is 636 g/mol. The number of benzene rings is 3. The largest absolute Gasteiger partial charge is 0.412 e. The normalized spacial score (nSPS) is 13.4. The van der Waals surface area contributed by atoms with Gasteiger partial charge in [0, 0.05) is 30.3 Å². The molecule has 1 aliphatic rings. The number of imidazole rings is 1. The maximum Gasteiger partial charge on any atom is 0.322 e. The van der Waals surface area contributed by atoms with Crippen LogP contribution in [0, 0.1) is 6.92 Å². The number of unbranched alkanes of at least 4 members (excludes halogenated alkanes) is 3. The number of hydrogen-bond acceptors (Lipinski definition) is 5. The summed E-state index contributed by atoms with van der Waals surface area (Å²) in [7, 11) is 0. The van der Waals surface area contributed by atoms with Gasteiger partial charge in [0.1, 0.15) is 5.82 Å². The highest BCUT2D eigenvalue weighted by atomic mass is 16.2. The lowest BCUT2D eigenvalue weighted by Crippen LogP contribution is -2.46. The number of H-pyrrole nitrogens is 1. The first-order valence-electron chi connectivity index (χ1n) is 17.1. The molecular formula is C37H48N8O2. The lowest BCUT2D eigenvalue weighted by molar-refractivity contribution is 0.238. The number of urea groups is 1. The van der Waals surface area contributed by atoms with Crippen LogP contribution in [0.25, 0.3) is 39.2 Å². The van der Waals surface area contributed by atoms with Crippen molar-refractivity contribution < 1.29 is 10.3 Å². The highest BCUT2D eigenvalue weighted by Crippen LogP contribution is 2.38. The molecule has 4 N–H and O–H groups in total. The number of amides is 2. The second kappa shape index (κ2) is 15.8. The van der Waals surface area contributed by atoms with Gasteiger partial charge < -0.3 is 10.8 Å². The van der Waals surface area contributed by atoms with Gasteiger partial charge in [-0.1, -0.05) is 88.8 Å². The topological polar surface area (TPSA) is 136 Å². The molecule has 248 valence electrons. The second-order valence-electron chi connectivity index (χ2n) is 12.5. The number of rotatable bonds is 12. The molecule has 6 rings (SSSR count). The number of nitrogens with one attached hydrogen (secondary N) is 2. The Morgan fingerprint density at radius 3 is 2.49 bits per heavy atom. The van der Waals surface area contributed by atoms with Gasteiger partial charge in [-0.3, -0.25) is 9.47 Å². The molecule has 2 heterocycles. The number of fused-ring (bicyclic) bond motifs is 1. The molecule has 10 nitrogen and oxygen atoms in total. The van der Waals surface area contributed by atoms with Crippen molar-refractivity contribution in [2.45, 2.75) is 97.4 Å². The summed E-state index contributed by atoms with van der Waals surface area (Å²) >= 11 is 0. The second-order valence-corrected chi connectivity index (χ2v) is 12.5. The summed E-state index contributed by atoms with van der Waals surface area (Å²) < 4.78 is 2.28. The molecule has 0 atom stereocenters. The first-order chi connectivity index (χ1) is 22.6. The Kier molecular flexibility index (Phi) is 11.4. The molecular weight excluding hydrogens is 588 g/mol. The smallest absolute Gasteiger partial charge is 0.322 e. The first-order valence-corrected chi connectivity index (χ1v) is 17.1. The lowest BCUT2D eigenvalue weighted by atomic mass is 9.94. The van der Waals surface area contributed by atoms with Gasteiger partial charge in [0.15, 0.2) is 0 Å². The number of hydrogen-bond donors (Lipinski definition) is 2. The number of carbonyl (C=O) groups excluding carboxylic acids is 1. The van der Waals surface area contributed by atoms with Gasteiger partial charge in [-0.05, 0) is 78.8 Å². The third-order valence-corrected chi connectivity index (χ3v) is 9.27. The van der Waals surface area contributed by atoms with Crippen LogP contribution in [-0.2, 0) is 6.42 Å². The highest BCUT2D eigenvalue weighted by molar-refractivity contribution is 5.95. The maximum atomic E-state index is 13.7. The van der Waals surface area contributed by atoms with Gasteiger partial charge in [0.25, 0.3) is 0 Å². The predicted octanol–water partition coefficient (Wildman–Crippen LogP) is 7.74. The Balaban J connectivity index is 0.00000433. The predicted molar refractivity (Wildman–Crippen MR) is 189 cm³/mol. The van der Waals surface area contributed by atoms with Crippen LogP contribution in [0.5, 0.6) is 0 Å². The molecule has 1 saturated carbocycles. The van der Waals surface area contributed by atoms with E-state index in [-0.39, 0.29) is 17.5 Å². The van der Waals surface area contributed by atoms with Crippen molar-refractivity contribution in [2.75, 3.05) is 11.4 Å². The minimum atomic E-state index is 0.